The number of aryl methyl sites for hydroxylation is 2. The monoisotopic (exact) mass is 272 g/mol. The molecule has 0 aliphatic rings. The zero-order valence-corrected chi connectivity index (χ0v) is 13.3. The fourth-order valence-corrected chi connectivity index (χ4v) is 2.64. The molecule has 1 heterocycles. The minimum absolute atomic E-state index is 0.834. The Balaban J connectivity index is 2.21. The third-order valence-corrected chi connectivity index (χ3v) is 4.16. The van der Waals surface area contributed by atoms with E-state index < -0.39 is 0 Å². The van der Waals surface area contributed by atoms with Gasteiger partial charge < -0.3 is 14.6 Å². The summed E-state index contributed by atoms with van der Waals surface area (Å²) in [5.74, 6) is 0.968. The number of hydrogen-bond acceptors (Lipinski definition) is 2. The highest BCUT2D eigenvalue weighted by atomic mass is 16.5. The molecule has 0 amide bonds. The largest absolute Gasteiger partial charge is 0.496 e. The Morgan fingerprint density at radius 2 is 1.85 bits per heavy atom. The van der Waals surface area contributed by atoms with Gasteiger partial charge >= 0.3 is 0 Å². The highest BCUT2D eigenvalue weighted by Gasteiger charge is 2.09. The van der Waals surface area contributed by atoms with Crippen LogP contribution >= 0.6 is 0 Å². The molecular formula is C17H24N2O. The van der Waals surface area contributed by atoms with Crippen molar-refractivity contribution in [3.63, 3.8) is 0 Å². The number of methoxy groups -OCH3 is 1. The maximum absolute atomic E-state index is 5.47. The van der Waals surface area contributed by atoms with E-state index >= 15 is 0 Å². The molecule has 20 heavy (non-hydrogen) atoms. The molecule has 1 N–H and O–H groups in total. The minimum Gasteiger partial charge on any atom is -0.496 e. The summed E-state index contributed by atoms with van der Waals surface area (Å²) in [5.41, 5.74) is 7.40. The first-order valence-electron chi connectivity index (χ1n) is 6.95. The van der Waals surface area contributed by atoms with Crippen molar-refractivity contribution in [3.05, 3.63) is 46.3 Å². The lowest BCUT2D eigenvalue weighted by atomic mass is 10.1. The maximum atomic E-state index is 5.47. The summed E-state index contributed by atoms with van der Waals surface area (Å²) in [6, 6.07) is 6.46. The SMILES string of the molecule is COc1c(C)ccc(NCc2cc(C)n(C)c2C)c1C. The second kappa shape index (κ2) is 5.61. The van der Waals surface area contributed by atoms with E-state index in [1.165, 1.54) is 22.5 Å². The standard InChI is InChI=1S/C17H24N2O/c1-11-7-8-16(13(3)17(11)20-6)18-10-15-9-12(2)19(5)14(15)4/h7-9,18H,10H2,1-6H3. The lowest BCUT2D eigenvalue weighted by Crippen LogP contribution is -2.04. The van der Waals surface area contributed by atoms with Crippen molar-refractivity contribution in [1.82, 2.24) is 4.57 Å². The van der Waals surface area contributed by atoms with Crippen LogP contribution in [0.3, 0.4) is 0 Å². The molecule has 0 aliphatic carbocycles. The molecule has 0 aliphatic heterocycles. The molecule has 0 spiro atoms. The number of ether oxygens (including phenoxy) is 1. The van der Waals surface area contributed by atoms with Crippen LogP contribution in [0, 0.1) is 27.7 Å². The van der Waals surface area contributed by atoms with Crippen LogP contribution in [0.4, 0.5) is 5.69 Å². The van der Waals surface area contributed by atoms with Crippen molar-refractivity contribution in [2.75, 3.05) is 12.4 Å². The van der Waals surface area contributed by atoms with Gasteiger partial charge in [0.15, 0.2) is 0 Å². The highest BCUT2D eigenvalue weighted by molar-refractivity contribution is 5.59. The number of benzene rings is 1. The van der Waals surface area contributed by atoms with Crippen LogP contribution in [0.15, 0.2) is 18.2 Å². The average Bonchev–Trinajstić information content (AvgIpc) is 2.66. The van der Waals surface area contributed by atoms with Gasteiger partial charge in [0.25, 0.3) is 0 Å². The Hall–Kier alpha value is -1.90. The Morgan fingerprint density at radius 1 is 1.15 bits per heavy atom. The highest BCUT2D eigenvalue weighted by Crippen LogP contribution is 2.29. The summed E-state index contributed by atoms with van der Waals surface area (Å²) in [6.07, 6.45) is 0. The Morgan fingerprint density at radius 3 is 2.40 bits per heavy atom. The zero-order chi connectivity index (χ0) is 14.9. The first-order chi connectivity index (χ1) is 9.45. The molecule has 0 atom stereocenters. The third-order valence-electron chi connectivity index (χ3n) is 4.16. The molecule has 1 aromatic heterocycles. The molecule has 2 aromatic rings. The second-order valence-electron chi connectivity index (χ2n) is 5.40. The molecule has 0 fully saturated rings. The third kappa shape index (κ3) is 2.53. The molecule has 1 aromatic carbocycles. The summed E-state index contributed by atoms with van der Waals surface area (Å²) in [7, 11) is 3.83. The van der Waals surface area contributed by atoms with Crippen LogP contribution in [0.25, 0.3) is 0 Å². The molecule has 0 unspecified atom stereocenters. The van der Waals surface area contributed by atoms with Crippen LogP contribution in [0.1, 0.15) is 28.1 Å². The van der Waals surface area contributed by atoms with Gasteiger partial charge in [-0.15, -0.1) is 0 Å². The van der Waals surface area contributed by atoms with E-state index in [1.54, 1.807) is 7.11 Å². The predicted molar refractivity (Wildman–Crippen MR) is 84.7 cm³/mol. The zero-order valence-electron chi connectivity index (χ0n) is 13.3. The van der Waals surface area contributed by atoms with Gasteiger partial charge in [0.1, 0.15) is 5.75 Å². The van der Waals surface area contributed by atoms with E-state index in [1.807, 2.05) is 0 Å². The van der Waals surface area contributed by atoms with E-state index in [0.29, 0.717) is 0 Å². The number of rotatable bonds is 4. The van der Waals surface area contributed by atoms with Crippen molar-refractivity contribution >= 4 is 5.69 Å². The van der Waals surface area contributed by atoms with Gasteiger partial charge in [-0.05, 0) is 51.0 Å². The number of nitrogens with zero attached hydrogens (tertiary/aromatic N) is 1. The quantitative estimate of drug-likeness (QED) is 0.914. The second-order valence-corrected chi connectivity index (χ2v) is 5.40. The molecular weight excluding hydrogens is 248 g/mol. The van der Waals surface area contributed by atoms with E-state index in [-0.39, 0.29) is 0 Å². The minimum atomic E-state index is 0.834. The predicted octanol–water partition coefficient (Wildman–Crippen LogP) is 3.88. The summed E-state index contributed by atoms with van der Waals surface area (Å²) in [4.78, 5) is 0. The lowest BCUT2D eigenvalue weighted by molar-refractivity contribution is 0.409. The Kier molecular flexibility index (Phi) is 4.07. The van der Waals surface area contributed by atoms with Crippen molar-refractivity contribution in [2.24, 2.45) is 7.05 Å². The van der Waals surface area contributed by atoms with Gasteiger partial charge in [-0.25, -0.2) is 0 Å². The number of hydrogen-bond donors (Lipinski definition) is 1. The van der Waals surface area contributed by atoms with E-state index in [2.05, 4.69) is 62.8 Å². The molecule has 0 saturated carbocycles. The lowest BCUT2D eigenvalue weighted by Gasteiger charge is -2.15. The molecule has 3 heteroatoms. The van der Waals surface area contributed by atoms with E-state index in [4.69, 9.17) is 4.74 Å². The first kappa shape index (κ1) is 14.5. The van der Waals surface area contributed by atoms with Crippen LogP contribution in [0.5, 0.6) is 5.75 Å². The Labute approximate surface area is 121 Å². The molecule has 2 rings (SSSR count). The summed E-state index contributed by atoms with van der Waals surface area (Å²) in [6.45, 7) is 9.29. The van der Waals surface area contributed by atoms with Gasteiger partial charge in [0.2, 0.25) is 0 Å². The molecule has 3 nitrogen and oxygen atoms in total. The first-order valence-corrected chi connectivity index (χ1v) is 6.95. The molecule has 108 valence electrons. The summed E-state index contributed by atoms with van der Waals surface area (Å²) in [5, 5.41) is 3.52. The number of nitrogens with one attached hydrogen (secondary N) is 1. The van der Waals surface area contributed by atoms with E-state index in [9.17, 15) is 0 Å². The Bertz CT molecular complexity index is 626. The fraction of sp³-hybridized carbons (Fsp3) is 0.412. The normalized spacial score (nSPS) is 10.7. The van der Waals surface area contributed by atoms with Crippen LogP contribution in [-0.4, -0.2) is 11.7 Å². The van der Waals surface area contributed by atoms with Crippen molar-refractivity contribution < 1.29 is 4.74 Å². The van der Waals surface area contributed by atoms with Gasteiger partial charge in [-0.1, -0.05) is 6.07 Å². The van der Waals surface area contributed by atoms with Gasteiger partial charge in [-0.3, -0.25) is 0 Å². The van der Waals surface area contributed by atoms with Gasteiger partial charge in [0, 0.05) is 36.2 Å². The average molecular weight is 272 g/mol. The van der Waals surface area contributed by atoms with Crippen LogP contribution < -0.4 is 10.1 Å². The van der Waals surface area contributed by atoms with Crippen molar-refractivity contribution in [2.45, 2.75) is 34.2 Å². The number of aromatic nitrogens is 1. The van der Waals surface area contributed by atoms with Crippen LogP contribution in [-0.2, 0) is 13.6 Å². The van der Waals surface area contributed by atoms with Crippen molar-refractivity contribution in [1.29, 1.82) is 0 Å². The topological polar surface area (TPSA) is 26.2 Å². The smallest absolute Gasteiger partial charge is 0.126 e. The molecule has 0 saturated heterocycles. The van der Waals surface area contributed by atoms with Gasteiger partial charge in [0.05, 0.1) is 7.11 Å². The summed E-state index contributed by atoms with van der Waals surface area (Å²) >= 11 is 0. The maximum Gasteiger partial charge on any atom is 0.126 e. The summed E-state index contributed by atoms with van der Waals surface area (Å²) < 4.78 is 7.69. The van der Waals surface area contributed by atoms with Gasteiger partial charge in [-0.2, -0.15) is 0 Å². The van der Waals surface area contributed by atoms with E-state index in [0.717, 1.165) is 23.5 Å². The van der Waals surface area contributed by atoms with Crippen LogP contribution in [0.2, 0.25) is 0 Å². The molecule has 0 bridgehead atoms. The fourth-order valence-electron chi connectivity index (χ4n) is 2.64. The van der Waals surface area contributed by atoms with Crippen molar-refractivity contribution in [3.8, 4) is 5.75 Å². The number of anilines is 1. The molecule has 0 radical (unpaired) electrons.